The Morgan fingerprint density at radius 2 is 2.00 bits per heavy atom. The number of hydrogen-bond acceptors (Lipinski definition) is 6. The molecule has 0 saturated heterocycles. The summed E-state index contributed by atoms with van der Waals surface area (Å²) in [6, 6.07) is 0. The van der Waals surface area contributed by atoms with E-state index in [1.165, 1.54) is 6.33 Å². The van der Waals surface area contributed by atoms with Crippen molar-refractivity contribution < 1.29 is 4.74 Å². The molecule has 0 N–H and O–H groups in total. The van der Waals surface area contributed by atoms with Gasteiger partial charge in [-0.3, -0.25) is 4.90 Å². The third kappa shape index (κ3) is 1.77. The lowest BCUT2D eigenvalue weighted by molar-refractivity contribution is 0.410. The molecule has 0 unspecified atom stereocenters. The van der Waals surface area contributed by atoms with Crippen LogP contribution >= 0.6 is 0 Å². The Balaban J connectivity index is 1.99. The van der Waals surface area contributed by atoms with Gasteiger partial charge in [-0.1, -0.05) is 12.2 Å². The Labute approximate surface area is 104 Å². The van der Waals surface area contributed by atoms with Crippen LogP contribution in [0.25, 0.3) is 6.08 Å². The second-order valence-electron chi connectivity index (χ2n) is 3.74. The molecule has 0 fully saturated rings. The molecular weight excluding hydrogens is 230 g/mol. The van der Waals surface area contributed by atoms with E-state index in [1.54, 1.807) is 25.7 Å². The molecule has 2 aromatic rings. The molecule has 0 saturated carbocycles. The highest BCUT2D eigenvalue weighted by molar-refractivity contribution is 5.71. The highest BCUT2D eigenvalue weighted by Crippen LogP contribution is 2.27. The molecule has 0 amide bonds. The highest BCUT2D eigenvalue weighted by Gasteiger charge is 2.18. The van der Waals surface area contributed by atoms with E-state index >= 15 is 0 Å². The lowest BCUT2D eigenvalue weighted by Gasteiger charge is -2.24. The molecule has 3 heterocycles. The molecule has 0 radical (unpaired) electrons. The molecule has 3 rings (SSSR count). The average Bonchev–Trinajstić information content (AvgIpc) is 2.47. The van der Waals surface area contributed by atoms with Crippen LogP contribution in [0.3, 0.4) is 0 Å². The maximum atomic E-state index is 5.04. The normalized spacial score (nSPS) is 13.3. The van der Waals surface area contributed by atoms with Gasteiger partial charge in [-0.2, -0.15) is 0 Å². The van der Waals surface area contributed by atoms with Crippen molar-refractivity contribution in [2.24, 2.45) is 0 Å². The quantitative estimate of drug-likeness (QED) is 0.792. The Morgan fingerprint density at radius 1 is 1.17 bits per heavy atom. The maximum Gasteiger partial charge on any atom is 0.231 e. The molecule has 6 nitrogen and oxygen atoms in total. The van der Waals surface area contributed by atoms with Gasteiger partial charge in [-0.25, -0.2) is 19.9 Å². The molecule has 0 bridgehead atoms. The van der Waals surface area contributed by atoms with E-state index in [0.717, 1.165) is 11.4 Å². The minimum Gasteiger partial charge on any atom is -0.494 e. The molecule has 18 heavy (non-hydrogen) atoms. The molecule has 0 atom stereocenters. The van der Waals surface area contributed by atoms with Gasteiger partial charge < -0.3 is 4.74 Å². The predicted octanol–water partition coefficient (Wildman–Crippen LogP) is 1.44. The first-order valence-corrected chi connectivity index (χ1v) is 5.48. The van der Waals surface area contributed by atoms with Crippen LogP contribution in [0.1, 0.15) is 5.56 Å². The summed E-state index contributed by atoms with van der Waals surface area (Å²) in [6.07, 6.45) is 10.6. The average molecular weight is 241 g/mol. The van der Waals surface area contributed by atoms with Crippen LogP contribution in [0.2, 0.25) is 0 Å². The number of hydrogen-bond donors (Lipinski definition) is 0. The summed E-state index contributed by atoms with van der Waals surface area (Å²) in [7, 11) is 1.59. The van der Waals surface area contributed by atoms with E-state index in [2.05, 4.69) is 19.9 Å². The number of fused-ring (bicyclic) bond motifs is 1. The van der Waals surface area contributed by atoms with E-state index in [9.17, 15) is 0 Å². The van der Waals surface area contributed by atoms with Gasteiger partial charge in [0, 0.05) is 18.3 Å². The third-order valence-corrected chi connectivity index (χ3v) is 2.65. The van der Waals surface area contributed by atoms with Crippen molar-refractivity contribution in [1.29, 1.82) is 0 Å². The van der Waals surface area contributed by atoms with Gasteiger partial charge in [0.15, 0.2) is 5.75 Å². The third-order valence-electron chi connectivity index (χ3n) is 2.65. The molecule has 2 aromatic heterocycles. The van der Waals surface area contributed by atoms with Gasteiger partial charge in [-0.05, 0) is 0 Å². The molecule has 90 valence electrons. The van der Waals surface area contributed by atoms with Gasteiger partial charge in [0.2, 0.25) is 5.95 Å². The van der Waals surface area contributed by atoms with E-state index < -0.39 is 0 Å². The summed E-state index contributed by atoms with van der Waals surface area (Å²) in [5.74, 6) is 2.05. The first kappa shape index (κ1) is 10.6. The van der Waals surface area contributed by atoms with Gasteiger partial charge >= 0.3 is 0 Å². The number of ether oxygens (including phenoxy) is 1. The number of rotatable bonds is 2. The predicted molar refractivity (Wildman–Crippen MR) is 66.7 cm³/mol. The summed E-state index contributed by atoms with van der Waals surface area (Å²) in [5.41, 5.74) is 0.961. The fourth-order valence-corrected chi connectivity index (χ4v) is 1.78. The zero-order valence-electron chi connectivity index (χ0n) is 9.82. The second kappa shape index (κ2) is 4.40. The van der Waals surface area contributed by atoms with Crippen LogP contribution < -0.4 is 9.64 Å². The largest absolute Gasteiger partial charge is 0.494 e. The Bertz CT molecular complexity index is 581. The van der Waals surface area contributed by atoms with Crippen molar-refractivity contribution in [2.45, 2.75) is 0 Å². The SMILES string of the molecule is COc1cnc(N2CC=Cc3cncnc32)nc1. The number of methoxy groups -OCH3 is 1. The van der Waals surface area contributed by atoms with Gasteiger partial charge in [0.1, 0.15) is 12.1 Å². The Morgan fingerprint density at radius 3 is 2.78 bits per heavy atom. The zero-order valence-corrected chi connectivity index (χ0v) is 9.82. The van der Waals surface area contributed by atoms with Gasteiger partial charge in [0.05, 0.1) is 19.5 Å². The van der Waals surface area contributed by atoms with E-state index in [-0.39, 0.29) is 0 Å². The molecule has 0 aliphatic carbocycles. The molecule has 1 aliphatic heterocycles. The van der Waals surface area contributed by atoms with Crippen molar-refractivity contribution >= 4 is 17.8 Å². The van der Waals surface area contributed by atoms with Crippen LogP contribution in [-0.4, -0.2) is 33.6 Å². The highest BCUT2D eigenvalue weighted by atomic mass is 16.5. The Kier molecular flexibility index (Phi) is 2.60. The van der Waals surface area contributed by atoms with E-state index in [4.69, 9.17) is 4.74 Å². The number of nitrogens with zero attached hydrogens (tertiary/aromatic N) is 5. The first-order valence-electron chi connectivity index (χ1n) is 5.48. The zero-order chi connectivity index (χ0) is 12.4. The van der Waals surface area contributed by atoms with Crippen LogP contribution in [0.4, 0.5) is 11.8 Å². The van der Waals surface area contributed by atoms with Crippen molar-refractivity contribution in [3.05, 3.63) is 36.6 Å². The fraction of sp³-hybridized carbons (Fsp3) is 0.167. The monoisotopic (exact) mass is 241 g/mol. The number of anilines is 2. The summed E-state index contributed by atoms with van der Waals surface area (Å²) >= 11 is 0. The van der Waals surface area contributed by atoms with Crippen molar-refractivity contribution in [3.63, 3.8) is 0 Å². The lowest BCUT2D eigenvalue weighted by Crippen LogP contribution is -2.23. The van der Waals surface area contributed by atoms with Crippen LogP contribution in [0, 0.1) is 0 Å². The van der Waals surface area contributed by atoms with E-state index in [1.807, 2.05) is 17.1 Å². The van der Waals surface area contributed by atoms with Gasteiger partial charge in [0.25, 0.3) is 0 Å². The fourth-order valence-electron chi connectivity index (χ4n) is 1.78. The number of aromatic nitrogens is 4. The Hall–Kier alpha value is -2.50. The minimum absolute atomic E-state index is 0.597. The smallest absolute Gasteiger partial charge is 0.231 e. The van der Waals surface area contributed by atoms with Crippen molar-refractivity contribution in [2.75, 3.05) is 18.6 Å². The lowest BCUT2D eigenvalue weighted by atomic mass is 10.2. The summed E-state index contributed by atoms with van der Waals surface area (Å²) in [5, 5.41) is 0. The standard InChI is InChI=1S/C12H11N5O/c1-18-10-6-14-12(15-7-10)17-4-2-3-9-5-13-8-16-11(9)17/h2-3,5-8H,4H2,1H3. The van der Waals surface area contributed by atoms with E-state index in [0.29, 0.717) is 18.2 Å². The minimum atomic E-state index is 0.597. The molecule has 0 aromatic carbocycles. The van der Waals surface area contributed by atoms with Crippen molar-refractivity contribution in [1.82, 2.24) is 19.9 Å². The van der Waals surface area contributed by atoms with Crippen molar-refractivity contribution in [3.8, 4) is 5.75 Å². The molecular formula is C12H11N5O. The molecule has 0 spiro atoms. The van der Waals surface area contributed by atoms with Crippen LogP contribution in [0.5, 0.6) is 5.75 Å². The molecule has 6 heteroatoms. The summed E-state index contributed by atoms with van der Waals surface area (Å²) in [6.45, 7) is 0.691. The van der Waals surface area contributed by atoms with Crippen LogP contribution in [-0.2, 0) is 0 Å². The topological polar surface area (TPSA) is 64.0 Å². The summed E-state index contributed by atoms with van der Waals surface area (Å²) < 4.78 is 5.04. The maximum absolute atomic E-state index is 5.04. The van der Waals surface area contributed by atoms with Crippen LogP contribution in [0.15, 0.2) is 31.0 Å². The molecule has 1 aliphatic rings. The summed E-state index contributed by atoms with van der Waals surface area (Å²) in [4.78, 5) is 18.7. The second-order valence-corrected chi connectivity index (χ2v) is 3.74. The first-order chi connectivity index (χ1) is 8.88. The van der Waals surface area contributed by atoms with Gasteiger partial charge in [-0.15, -0.1) is 0 Å².